The minimum Gasteiger partial charge on any atom is -0.372 e. The SMILES string of the molecule is O=C(Nc1ccc(N2CCCCC2)cc1)C1(c2c[nH]c3ccccc23)CC1. The fourth-order valence-electron chi connectivity index (χ4n) is 4.37. The third-order valence-electron chi connectivity index (χ3n) is 6.14. The Morgan fingerprint density at radius 2 is 1.70 bits per heavy atom. The van der Waals surface area contributed by atoms with Crippen LogP contribution in [0.25, 0.3) is 10.9 Å². The summed E-state index contributed by atoms with van der Waals surface area (Å²) >= 11 is 0. The van der Waals surface area contributed by atoms with Crippen molar-refractivity contribution in [3.8, 4) is 0 Å². The lowest BCUT2D eigenvalue weighted by molar-refractivity contribution is -0.118. The minimum atomic E-state index is -0.384. The Labute approximate surface area is 159 Å². The van der Waals surface area contributed by atoms with Crippen molar-refractivity contribution >= 4 is 28.2 Å². The zero-order valence-electron chi connectivity index (χ0n) is 15.5. The van der Waals surface area contributed by atoms with Gasteiger partial charge < -0.3 is 15.2 Å². The molecule has 3 aromatic rings. The van der Waals surface area contributed by atoms with Gasteiger partial charge in [-0.2, -0.15) is 0 Å². The van der Waals surface area contributed by atoms with Gasteiger partial charge in [0.1, 0.15) is 0 Å². The number of benzene rings is 2. The van der Waals surface area contributed by atoms with Gasteiger partial charge in [0, 0.05) is 41.6 Å². The Morgan fingerprint density at radius 1 is 0.963 bits per heavy atom. The number of hydrogen-bond donors (Lipinski definition) is 2. The molecule has 0 spiro atoms. The van der Waals surface area contributed by atoms with Crippen LogP contribution in [0.2, 0.25) is 0 Å². The first-order valence-corrected chi connectivity index (χ1v) is 9.99. The molecule has 2 heterocycles. The summed E-state index contributed by atoms with van der Waals surface area (Å²) in [5.74, 6) is 0.109. The standard InChI is InChI=1S/C23H25N3O/c27-22(23(12-13-23)20-16-24-21-7-3-2-6-19(20)21)25-17-8-10-18(11-9-17)26-14-4-1-5-15-26/h2-3,6-11,16,24H,1,4-5,12-15H2,(H,25,27). The summed E-state index contributed by atoms with van der Waals surface area (Å²) in [5.41, 5.74) is 3.97. The fourth-order valence-corrected chi connectivity index (χ4v) is 4.37. The van der Waals surface area contributed by atoms with Gasteiger partial charge in [0.05, 0.1) is 5.41 Å². The zero-order chi connectivity index (χ0) is 18.3. The van der Waals surface area contributed by atoms with E-state index in [0.717, 1.165) is 48.1 Å². The van der Waals surface area contributed by atoms with E-state index in [1.54, 1.807) is 0 Å². The quantitative estimate of drug-likeness (QED) is 0.701. The van der Waals surface area contributed by atoms with Crippen molar-refractivity contribution in [2.24, 2.45) is 0 Å². The topological polar surface area (TPSA) is 48.1 Å². The number of carbonyl (C=O) groups is 1. The largest absolute Gasteiger partial charge is 0.372 e. The van der Waals surface area contributed by atoms with E-state index in [2.05, 4.69) is 39.5 Å². The molecular formula is C23H25N3O. The maximum atomic E-state index is 13.1. The van der Waals surface area contributed by atoms with Crippen molar-refractivity contribution in [1.82, 2.24) is 4.98 Å². The first-order valence-electron chi connectivity index (χ1n) is 9.99. The number of para-hydroxylation sites is 1. The second-order valence-electron chi connectivity index (χ2n) is 7.88. The highest BCUT2D eigenvalue weighted by atomic mass is 16.2. The molecule has 2 aromatic carbocycles. The van der Waals surface area contributed by atoms with E-state index in [0.29, 0.717) is 0 Å². The molecule has 0 radical (unpaired) electrons. The average Bonchev–Trinajstić information content (AvgIpc) is 3.42. The first-order chi connectivity index (χ1) is 13.3. The van der Waals surface area contributed by atoms with Crippen LogP contribution in [0.3, 0.4) is 0 Å². The monoisotopic (exact) mass is 359 g/mol. The molecule has 0 bridgehead atoms. The van der Waals surface area contributed by atoms with Crippen molar-refractivity contribution in [3.05, 3.63) is 60.3 Å². The number of anilines is 2. The first kappa shape index (κ1) is 16.4. The number of rotatable bonds is 4. The van der Waals surface area contributed by atoms with Crippen LogP contribution in [0, 0.1) is 0 Å². The van der Waals surface area contributed by atoms with Gasteiger partial charge in [-0.3, -0.25) is 4.79 Å². The van der Waals surface area contributed by atoms with Crippen LogP contribution < -0.4 is 10.2 Å². The number of aromatic amines is 1. The van der Waals surface area contributed by atoms with Crippen molar-refractivity contribution in [3.63, 3.8) is 0 Å². The highest BCUT2D eigenvalue weighted by molar-refractivity contribution is 6.04. The number of aromatic nitrogens is 1. The van der Waals surface area contributed by atoms with Crippen molar-refractivity contribution in [2.75, 3.05) is 23.3 Å². The maximum Gasteiger partial charge on any atom is 0.235 e. The smallest absolute Gasteiger partial charge is 0.235 e. The molecule has 1 saturated carbocycles. The minimum absolute atomic E-state index is 0.109. The molecule has 1 aliphatic heterocycles. The lowest BCUT2D eigenvalue weighted by Gasteiger charge is -2.29. The molecule has 27 heavy (non-hydrogen) atoms. The molecule has 0 atom stereocenters. The second kappa shape index (κ2) is 6.45. The molecule has 0 unspecified atom stereocenters. The van der Waals surface area contributed by atoms with Crippen LogP contribution in [0.15, 0.2) is 54.7 Å². The number of fused-ring (bicyclic) bond motifs is 1. The number of piperidine rings is 1. The van der Waals surface area contributed by atoms with Gasteiger partial charge in [-0.15, -0.1) is 0 Å². The van der Waals surface area contributed by atoms with Gasteiger partial charge in [-0.1, -0.05) is 18.2 Å². The molecule has 1 aliphatic carbocycles. The van der Waals surface area contributed by atoms with E-state index < -0.39 is 0 Å². The Kier molecular flexibility index (Phi) is 3.92. The summed E-state index contributed by atoms with van der Waals surface area (Å²) in [7, 11) is 0. The number of carbonyl (C=O) groups excluding carboxylic acids is 1. The van der Waals surface area contributed by atoms with Crippen molar-refractivity contribution in [2.45, 2.75) is 37.5 Å². The number of nitrogens with zero attached hydrogens (tertiary/aromatic N) is 1. The highest BCUT2D eigenvalue weighted by Crippen LogP contribution is 2.51. The van der Waals surface area contributed by atoms with E-state index in [1.165, 1.54) is 24.9 Å². The van der Waals surface area contributed by atoms with E-state index >= 15 is 0 Å². The molecule has 4 heteroatoms. The Hall–Kier alpha value is -2.75. The van der Waals surface area contributed by atoms with Gasteiger partial charge >= 0.3 is 0 Å². The molecule has 2 aliphatic rings. The summed E-state index contributed by atoms with van der Waals surface area (Å²) in [6.07, 6.45) is 7.70. The summed E-state index contributed by atoms with van der Waals surface area (Å²) in [4.78, 5) is 18.8. The summed E-state index contributed by atoms with van der Waals surface area (Å²) in [5, 5.41) is 4.31. The van der Waals surface area contributed by atoms with E-state index in [1.807, 2.05) is 30.5 Å². The average molecular weight is 359 g/mol. The summed E-state index contributed by atoms with van der Waals surface area (Å²) in [6, 6.07) is 16.5. The normalized spacial score (nSPS) is 18.4. The molecule has 138 valence electrons. The Bertz CT molecular complexity index is 963. The van der Waals surface area contributed by atoms with Gasteiger partial charge in [-0.25, -0.2) is 0 Å². The van der Waals surface area contributed by atoms with E-state index in [4.69, 9.17) is 0 Å². The number of amides is 1. The van der Waals surface area contributed by atoms with Crippen LogP contribution in [0.1, 0.15) is 37.7 Å². The van der Waals surface area contributed by atoms with Crippen LogP contribution in [0.4, 0.5) is 11.4 Å². The van der Waals surface area contributed by atoms with E-state index in [9.17, 15) is 4.79 Å². The molecular weight excluding hydrogens is 334 g/mol. The van der Waals surface area contributed by atoms with Crippen molar-refractivity contribution in [1.29, 1.82) is 0 Å². The molecule has 1 saturated heterocycles. The molecule has 1 aromatic heterocycles. The van der Waals surface area contributed by atoms with Gasteiger partial charge in [-0.05, 0) is 68.0 Å². The zero-order valence-corrected chi connectivity index (χ0v) is 15.5. The predicted molar refractivity (Wildman–Crippen MR) is 110 cm³/mol. The van der Waals surface area contributed by atoms with Gasteiger partial charge in [0.15, 0.2) is 0 Å². The lowest BCUT2D eigenvalue weighted by Crippen LogP contribution is -2.29. The molecule has 2 N–H and O–H groups in total. The van der Waals surface area contributed by atoms with Crippen LogP contribution in [0.5, 0.6) is 0 Å². The Balaban J connectivity index is 1.34. The van der Waals surface area contributed by atoms with Gasteiger partial charge in [0.25, 0.3) is 0 Å². The maximum absolute atomic E-state index is 13.1. The number of H-pyrrole nitrogens is 1. The van der Waals surface area contributed by atoms with Gasteiger partial charge in [0.2, 0.25) is 5.91 Å². The van der Waals surface area contributed by atoms with Crippen LogP contribution in [-0.4, -0.2) is 24.0 Å². The third kappa shape index (κ3) is 2.89. The number of nitrogens with one attached hydrogen (secondary N) is 2. The number of hydrogen-bond acceptors (Lipinski definition) is 2. The lowest BCUT2D eigenvalue weighted by atomic mass is 9.94. The Morgan fingerprint density at radius 3 is 2.44 bits per heavy atom. The fraction of sp³-hybridized carbons (Fsp3) is 0.348. The highest BCUT2D eigenvalue weighted by Gasteiger charge is 2.52. The van der Waals surface area contributed by atoms with Crippen LogP contribution >= 0.6 is 0 Å². The van der Waals surface area contributed by atoms with Crippen LogP contribution in [-0.2, 0) is 10.2 Å². The predicted octanol–water partition coefficient (Wildman–Crippen LogP) is 4.83. The summed E-state index contributed by atoms with van der Waals surface area (Å²) < 4.78 is 0. The molecule has 4 nitrogen and oxygen atoms in total. The van der Waals surface area contributed by atoms with Crippen molar-refractivity contribution < 1.29 is 4.79 Å². The van der Waals surface area contributed by atoms with E-state index in [-0.39, 0.29) is 11.3 Å². The molecule has 5 rings (SSSR count). The summed E-state index contributed by atoms with van der Waals surface area (Å²) in [6.45, 7) is 2.27. The third-order valence-corrected chi connectivity index (χ3v) is 6.14. The molecule has 2 fully saturated rings. The second-order valence-corrected chi connectivity index (χ2v) is 7.88. The molecule has 1 amide bonds.